The number of nitrogens with zero attached hydrogens (tertiary/aromatic N) is 1. The fourth-order valence-corrected chi connectivity index (χ4v) is 3.70. The largest absolute Gasteiger partial charge is 0.361 e. The summed E-state index contributed by atoms with van der Waals surface area (Å²) in [6.45, 7) is 4.00. The number of H-pyrrole nitrogens is 1. The molecule has 0 amide bonds. The third-order valence-corrected chi connectivity index (χ3v) is 5.17. The molecule has 1 aliphatic heterocycles. The van der Waals surface area contributed by atoms with Crippen molar-refractivity contribution in [1.82, 2.24) is 15.2 Å². The molecule has 0 radical (unpaired) electrons. The number of hydrogen-bond donors (Lipinski definition) is 2. The van der Waals surface area contributed by atoms with Gasteiger partial charge in [-0.2, -0.15) is 0 Å². The van der Waals surface area contributed by atoms with Crippen LogP contribution in [0.3, 0.4) is 0 Å². The second-order valence-corrected chi connectivity index (χ2v) is 6.91. The quantitative estimate of drug-likeness (QED) is 0.735. The van der Waals surface area contributed by atoms with E-state index in [1.54, 1.807) is 12.1 Å². The number of aromatic amines is 1. The number of piperidine rings is 1. The van der Waals surface area contributed by atoms with E-state index in [9.17, 15) is 4.39 Å². The Morgan fingerprint density at radius 2 is 1.84 bits per heavy atom. The van der Waals surface area contributed by atoms with Crippen molar-refractivity contribution in [1.29, 1.82) is 0 Å². The lowest BCUT2D eigenvalue weighted by Crippen LogP contribution is -2.41. The molecular weight excluding hydrogens is 313 g/mol. The van der Waals surface area contributed by atoms with Crippen molar-refractivity contribution in [3.05, 3.63) is 71.7 Å². The molecule has 3 aromatic rings. The second kappa shape index (κ2) is 7.38. The maximum absolute atomic E-state index is 13.0. The Balaban J connectivity index is 1.27. The van der Waals surface area contributed by atoms with Gasteiger partial charge in [0.25, 0.3) is 0 Å². The maximum atomic E-state index is 13.0. The number of likely N-dealkylation sites (tertiary alicyclic amines) is 1. The first-order valence-corrected chi connectivity index (χ1v) is 9.03. The minimum Gasteiger partial charge on any atom is -0.361 e. The van der Waals surface area contributed by atoms with Crippen LogP contribution < -0.4 is 5.32 Å². The third kappa shape index (κ3) is 3.91. The molecule has 0 bridgehead atoms. The van der Waals surface area contributed by atoms with Gasteiger partial charge in [0.1, 0.15) is 5.82 Å². The van der Waals surface area contributed by atoms with Gasteiger partial charge < -0.3 is 10.3 Å². The average molecular weight is 337 g/mol. The van der Waals surface area contributed by atoms with Crippen molar-refractivity contribution in [3.8, 4) is 0 Å². The Kier molecular flexibility index (Phi) is 4.81. The van der Waals surface area contributed by atoms with Crippen LogP contribution in [0.2, 0.25) is 0 Å². The van der Waals surface area contributed by atoms with Crippen molar-refractivity contribution in [2.45, 2.75) is 32.0 Å². The van der Waals surface area contributed by atoms with Crippen LogP contribution in [0.15, 0.2) is 54.7 Å². The lowest BCUT2D eigenvalue weighted by Gasteiger charge is -2.32. The summed E-state index contributed by atoms with van der Waals surface area (Å²) in [4.78, 5) is 5.73. The standard InChI is InChI=1S/C21H24FN3/c22-18-6-4-16(5-7-18)15-25-12-9-19(10-13-25)24-14-17-2-1-3-21-20(17)8-11-23-21/h1-8,11,19,23-24H,9-10,12-15H2. The molecule has 4 rings (SSSR count). The van der Waals surface area contributed by atoms with E-state index in [0.29, 0.717) is 6.04 Å². The average Bonchev–Trinajstić information content (AvgIpc) is 3.12. The Morgan fingerprint density at radius 3 is 2.64 bits per heavy atom. The fourth-order valence-electron chi connectivity index (χ4n) is 3.70. The highest BCUT2D eigenvalue weighted by Gasteiger charge is 2.19. The van der Waals surface area contributed by atoms with E-state index in [0.717, 1.165) is 39.0 Å². The molecular formula is C21H24FN3. The second-order valence-electron chi connectivity index (χ2n) is 6.91. The molecule has 0 aliphatic carbocycles. The van der Waals surface area contributed by atoms with E-state index in [1.807, 2.05) is 18.3 Å². The van der Waals surface area contributed by atoms with E-state index in [-0.39, 0.29) is 5.82 Å². The van der Waals surface area contributed by atoms with Gasteiger partial charge in [-0.05, 0) is 61.3 Å². The van der Waals surface area contributed by atoms with Gasteiger partial charge in [-0.15, -0.1) is 0 Å². The molecule has 3 nitrogen and oxygen atoms in total. The molecule has 0 atom stereocenters. The first kappa shape index (κ1) is 16.3. The first-order chi connectivity index (χ1) is 12.3. The smallest absolute Gasteiger partial charge is 0.123 e. The molecule has 0 saturated carbocycles. The van der Waals surface area contributed by atoms with Crippen LogP contribution in [0, 0.1) is 5.82 Å². The zero-order valence-electron chi connectivity index (χ0n) is 14.3. The lowest BCUT2D eigenvalue weighted by atomic mass is 10.0. The topological polar surface area (TPSA) is 31.1 Å². The van der Waals surface area contributed by atoms with Crippen molar-refractivity contribution < 1.29 is 4.39 Å². The molecule has 2 heterocycles. The molecule has 1 fully saturated rings. The molecule has 1 aliphatic rings. The van der Waals surface area contributed by atoms with Gasteiger partial charge in [0.15, 0.2) is 0 Å². The van der Waals surface area contributed by atoms with Crippen LogP contribution in [0.1, 0.15) is 24.0 Å². The van der Waals surface area contributed by atoms with E-state index < -0.39 is 0 Å². The predicted octanol–water partition coefficient (Wildman–Crippen LogP) is 4.06. The molecule has 130 valence electrons. The molecule has 1 aromatic heterocycles. The van der Waals surface area contributed by atoms with E-state index in [4.69, 9.17) is 0 Å². The number of nitrogens with one attached hydrogen (secondary N) is 2. The van der Waals surface area contributed by atoms with Crippen LogP contribution in [0.4, 0.5) is 4.39 Å². The molecule has 2 N–H and O–H groups in total. The first-order valence-electron chi connectivity index (χ1n) is 9.03. The normalized spacial score (nSPS) is 16.5. The number of hydrogen-bond acceptors (Lipinski definition) is 2. The Labute approximate surface area is 147 Å². The van der Waals surface area contributed by atoms with Crippen molar-refractivity contribution in [3.63, 3.8) is 0 Å². The number of aromatic nitrogens is 1. The number of halogens is 1. The summed E-state index contributed by atoms with van der Waals surface area (Å²) in [7, 11) is 0. The van der Waals surface area contributed by atoms with Gasteiger partial charge in [-0.1, -0.05) is 24.3 Å². The highest BCUT2D eigenvalue weighted by molar-refractivity contribution is 5.82. The Morgan fingerprint density at radius 1 is 1.04 bits per heavy atom. The minimum absolute atomic E-state index is 0.163. The summed E-state index contributed by atoms with van der Waals surface area (Å²) in [5, 5.41) is 5.03. The van der Waals surface area contributed by atoms with Crippen LogP contribution >= 0.6 is 0 Å². The summed E-state index contributed by atoms with van der Waals surface area (Å²) < 4.78 is 13.0. The zero-order valence-corrected chi connectivity index (χ0v) is 14.3. The van der Waals surface area contributed by atoms with Crippen LogP contribution in [0.25, 0.3) is 10.9 Å². The summed E-state index contributed by atoms with van der Waals surface area (Å²) in [6.07, 6.45) is 4.32. The summed E-state index contributed by atoms with van der Waals surface area (Å²) in [5.74, 6) is -0.163. The predicted molar refractivity (Wildman–Crippen MR) is 99.8 cm³/mol. The third-order valence-electron chi connectivity index (χ3n) is 5.17. The maximum Gasteiger partial charge on any atom is 0.123 e. The summed E-state index contributed by atoms with van der Waals surface area (Å²) >= 11 is 0. The van der Waals surface area contributed by atoms with E-state index >= 15 is 0 Å². The van der Waals surface area contributed by atoms with Crippen LogP contribution in [-0.2, 0) is 13.1 Å². The lowest BCUT2D eigenvalue weighted by molar-refractivity contribution is 0.190. The van der Waals surface area contributed by atoms with E-state index in [2.05, 4.69) is 39.5 Å². The molecule has 4 heteroatoms. The number of fused-ring (bicyclic) bond motifs is 1. The van der Waals surface area contributed by atoms with Crippen molar-refractivity contribution >= 4 is 10.9 Å². The van der Waals surface area contributed by atoms with Gasteiger partial charge >= 0.3 is 0 Å². The number of rotatable bonds is 5. The Hall–Kier alpha value is -2.17. The van der Waals surface area contributed by atoms with E-state index in [1.165, 1.54) is 22.0 Å². The molecule has 2 aromatic carbocycles. The number of benzene rings is 2. The Bertz CT molecular complexity index is 817. The molecule has 0 unspecified atom stereocenters. The molecule has 1 saturated heterocycles. The van der Waals surface area contributed by atoms with Crippen molar-refractivity contribution in [2.75, 3.05) is 13.1 Å². The van der Waals surface area contributed by atoms with Gasteiger partial charge in [-0.3, -0.25) is 4.90 Å². The molecule has 25 heavy (non-hydrogen) atoms. The monoisotopic (exact) mass is 337 g/mol. The molecule has 0 spiro atoms. The summed E-state index contributed by atoms with van der Waals surface area (Å²) in [6, 6.07) is 16.0. The van der Waals surface area contributed by atoms with Crippen molar-refractivity contribution in [2.24, 2.45) is 0 Å². The SMILES string of the molecule is Fc1ccc(CN2CCC(NCc3cccc4[nH]ccc34)CC2)cc1. The van der Waals surface area contributed by atoms with Gasteiger partial charge in [0.2, 0.25) is 0 Å². The fraction of sp³-hybridized carbons (Fsp3) is 0.333. The van der Waals surface area contributed by atoms with Gasteiger partial charge in [-0.25, -0.2) is 4.39 Å². The zero-order chi connectivity index (χ0) is 17.1. The van der Waals surface area contributed by atoms with Gasteiger partial charge in [0, 0.05) is 36.2 Å². The minimum atomic E-state index is -0.163. The van der Waals surface area contributed by atoms with Crippen LogP contribution in [-0.4, -0.2) is 29.0 Å². The van der Waals surface area contributed by atoms with Gasteiger partial charge in [0.05, 0.1) is 0 Å². The van der Waals surface area contributed by atoms with Crippen LogP contribution in [0.5, 0.6) is 0 Å². The highest BCUT2D eigenvalue weighted by Crippen LogP contribution is 2.19. The summed E-state index contributed by atoms with van der Waals surface area (Å²) in [5.41, 5.74) is 3.74. The highest BCUT2D eigenvalue weighted by atomic mass is 19.1.